The average molecular weight is 526 g/mol. The first-order valence-corrected chi connectivity index (χ1v) is 12.1. The van der Waals surface area contributed by atoms with Crippen LogP contribution in [0.4, 0.5) is 4.39 Å². The fourth-order valence-corrected chi connectivity index (χ4v) is 3.97. The van der Waals surface area contributed by atoms with Crippen molar-refractivity contribution < 1.29 is 34.0 Å². The van der Waals surface area contributed by atoms with E-state index in [9.17, 15) is 24.2 Å². The van der Waals surface area contributed by atoms with Gasteiger partial charge in [-0.05, 0) is 54.0 Å². The van der Waals surface area contributed by atoms with Crippen molar-refractivity contribution in [3.63, 3.8) is 0 Å². The van der Waals surface area contributed by atoms with Crippen molar-refractivity contribution in [3.8, 4) is 11.4 Å². The van der Waals surface area contributed by atoms with Gasteiger partial charge >= 0.3 is 5.97 Å². The summed E-state index contributed by atoms with van der Waals surface area (Å²) >= 11 is 0. The molecule has 2 atom stereocenters. The summed E-state index contributed by atoms with van der Waals surface area (Å²) in [6.45, 7) is 4.06. The first-order valence-electron chi connectivity index (χ1n) is 12.1. The molecule has 9 nitrogen and oxygen atoms in total. The third-order valence-electron chi connectivity index (χ3n) is 5.84. The minimum absolute atomic E-state index is 0.152. The molecule has 4 N–H and O–H groups in total. The number of carboxylic acids is 1. The van der Waals surface area contributed by atoms with Gasteiger partial charge < -0.3 is 25.4 Å². The lowest BCUT2D eigenvalue weighted by atomic mass is 9.98. The van der Waals surface area contributed by atoms with Gasteiger partial charge in [-0.2, -0.15) is 5.10 Å². The number of carbonyl (C=O) groups is 2. The highest BCUT2D eigenvalue weighted by Gasteiger charge is 2.25. The van der Waals surface area contributed by atoms with Crippen molar-refractivity contribution in [2.75, 3.05) is 7.11 Å². The molecule has 1 amide bonds. The molecular weight excluding hydrogens is 493 g/mol. The van der Waals surface area contributed by atoms with Gasteiger partial charge in [0, 0.05) is 18.5 Å². The van der Waals surface area contributed by atoms with Crippen molar-refractivity contribution in [2.24, 2.45) is 0 Å². The number of ether oxygens (including phenoxy) is 1. The van der Waals surface area contributed by atoms with Gasteiger partial charge in [-0.1, -0.05) is 32.1 Å². The van der Waals surface area contributed by atoms with E-state index in [4.69, 9.17) is 9.84 Å². The van der Waals surface area contributed by atoms with Crippen LogP contribution in [0.5, 0.6) is 5.75 Å². The van der Waals surface area contributed by atoms with Gasteiger partial charge in [0.2, 0.25) is 0 Å². The summed E-state index contributed by atoms with van der Waals surface area (Å²) in [6, 6.07) is 12.9. The van der Waals surface area contributed by atoms with Crippen LogP contribution < -0.4 is 10.1 Å². The Balaban J connectivity index is 1.95. The van der Waals surface area contributed by atoms with E-state index < -0.39 is 36.3 Å². The lowest BCUT2D eigenvalue weighted by molar-refractivity contribution is -0.139. The number of aliphatic carboxylic acids is 1. The third kappa shape index (κ3) is 7.50. The molecule has 0 aliphatic heterocycles. The Morgan fingerprint density at radius 1 is 1.11 bits per heavy atom. The Bertz CT molecular complexity index is 1270. The number of benzene rings is 2. The molecule has 38 heavy (non-hydrogen) atoms. The molecule has 10 heteroatoms. The molecule has 1 heterocycles. The summed E-state index contributed by atoms with van der Waals surface area (Å²) in [5.74, 6) is -1.45. The number of amides is 1. The van der Waals surface area contributed by atoms with Gasteiger partial charge in [0.15, 0.2) is 5.69 Å². The first-order chi connectivity index (χ1) is 18.1. The molecule has 2 aromatic carbocycles. The number of aliphatic hydroxyl groups is 2. The molecule has 0 fully saturated rings. The molecule has 3 rings (SSSR count). The molecule has 202 valence electrons. The number of aliphatic hydroxyl groups excluding tert-OH is 2. The summed E-state index contributed by atoms with van der Waals surface area (Å²) in [7, 11) is 1.57. The molecule has 0 bridgehead atoms. The molecule has 3 aromatic rings. The van der Waals surface area contributed by atoms with Gasteiger partial charge in [-0.3, -0.25) is 9.59 Å². The maximum Gasteiger partial charge on any atom is 0.305 e. The SMILES string of the molecule is COc1ccc(CNC(=O)c2nn(-c3ccc(F)cc3)c(/C=C/[C@@H](O)C[C@@H](O)CC(=O)O)c2C(C)C)cc1. The van der Waals surface area contributed by atoms with Crippen molar-refractivity contribution >= 4 is 18.0 Å². The second-order valence-electron chi connectivity index (χ2n) is 9.14. The van der Waals surface area contributed by atoms with Gasteiger partial charge in [0.05, 0.1) is 37.1 Å². The normalized spacial score (nSPS) is 13.0. The smallest absolute Gasteiger partial charge is 0.305 e. The summed E-state index contributed by atoms with van der Waals surface area (Å²) in [5.41, 5.74) is 2.65. The molecule has 0 saturated carbocycles. The Hall–Kier alpha value is -4.02. The second-order valence-corrected chi connectivity index (χ2v) is 9.14. The van der Waals surface area contributed by atoms with Crippen LogP contribution in [0.25, 0.3) is 11.8 Å². The average Bonchev–Trinajstić information content (AvgIpc) is 3.26. The number of hydrogen-bond donors (Lipinski definition) is 4. The second kappa shape index (κ2) is 13.0. The van der Waals surface area contributed by atoms with E-state index in [0.29, 0.717) is 22.7 Å². The Morgan fingerprint density at radius 2 is 1.76 bits per heavy atom. The third-order valence-corrected chi connectivity index (χ3v) is 5.84. The molecule has 0 spiro atoms. The van der Waals surface area contributed by atoms with E-state index in [1.165, 1.54) is 35.0 Å². The number of halogens is 1. The zero-order chi connectivity index (χ0) is 27.8. The summed E-state index contributed by atoms with van der Waals surface area (Å²) in [5, 5.41) is 36.5. The van der Waals surface area contributed by atoms with E-state index in [0.717, 1.165) is 5.56 Å². The monoisotopic (exact) mass is 525 g/mol. The van der Waals surface area contributed by atoms with E-state index in [1.54, 1.807) is 25.3 Å². The highest BCUT2D eigenvalue weighted by molar-refractivity contribution is 5.95. The number of carboxylic acid groups (broad SMARTS) is 1. The van der Waals surface area contributed by atoms with Crippen LogP contribution in [0.1, 0.15) is 59.9 Å². The molecule has 0 saturated heterocycles. The highest BCUT2D eigenvalue weighted by Crippen LogP contribution is 2.28. The van der Waals surface area contributed by atoms with Gasteiger partial charge in [0.25, 0.3) is 5.91 Å². The first kappa shape index (κ1) is 28.5. The predicted molar refractivity (Wildman–Crippen MR) is 140 cm³/mol. The standard InChI is InChI=1S/C28H32FN3O6/c1-17(2)26-24(13-10-21(33)14-22(34)15-25(35)36)32(20-8-6-19(29)7-9-20)31-27(26)28(37)30-16-18-4-11-23(38-3)12-5-18/h4-13,17,21-22,33-34H,14-16H2,1-3H3,(H,30,37)(H,35,36)/b13-10+/t21-,22-/m1/s1. The van der Waals surface area contributed by atoms with Gasteiger partial charge in [-0.25, -0.2) is 9.07 Å². The molecule has 0 aliphatic rings. The number of aromatic nitrogens is 2. The molecule has 0 aliphatic carbocycles. The lowest BCUT2D eigenvalue weighted by Crippen LogP contribution is -2.24. The van der Waals surface area contributed by atoms with Crippen molar-refractivity contribution in [1.82, 2.24) is 15.1 Å². The quantitative estimate of drug-likeness (QED) is 0.283. The van der Waals surface area contributed by atoms with E-state index >= 15 is 0 Å². The maximum atomic E-state index is 13.6. The summed E-state index contributed by atoms with van der Waals surface area (Å²) < 4.78 is 20.3. The summed E-state index contributed by atoms with van der Waals surface area (Å²) in [4.78, 5) is 24.1. The van der Waals surface area contributed by atoms with Crippen LogP contribution in [0.3, 0.4) is 0 Å². The predicted octanol–water partition coefficient (Wildman–Crippen LogP) is 3.67. The molecule has 0 unspecified atom stereocenters. The Labute approximate surface area is 220 Å². The minimum Gasteiger partial charge on any atom is -0.497 e. The van der Waals surface area contributed by atoms with Crippen molar-refractivity contribution in [2.45, 2.75) is 51.4 Å². The number of carbonyl (C=O) groups excluding carboxylic acids is 1. The fourth-order valence-electron chi connectivity index (χ4n) is 3.97. The van der Waals surface area contributed by atoms with E-state index in [1.807, 2.05) is 26.0 Å². The summed E-state index contributed by atoms with van der Waals surface area (Å²) in [6.07, 6.45) is -0.0587. The van der Waals surface area contributed by atoms with Crippen LogP contribution >= 0.6 is 0 Å². The largest absolute Gasteiger partial charge is 0.497 e. The number of nitrogens with zero attached hydrogens (tertiary/aromatic N) is 2. The molecule has 0 radical (unpaired) electrons. The zero-order valence-corrected chi connectivity index (χ0v) is 21.5. The van der Waals surface area contributed by atoms with Crippen molar-refractivity contribution in [3.05, 3.63) is 82.9 Å². The van der Waals surface area contributed by atoms with E-state index in [-0.39, 0.29) is 24.6 Å². The minimum atomic E-state index is -1.22. The van der Waals surface area contributed by atoms with Crippen LogP contribution in [-0.2, 0) is 11.3 Å². The number of nitrogens with one attached hydrogen (secondary N) is 1. The highest BCUT2D eigenvalue weighted by atomic mass is 19.1. The lowest BCUT2D eigenvalue weighted by Gasteiger charge is -2.12. The maximum absolute atomic E-state index is 13.6. The van der Waals surface area contributed by atoms with Crippen LogP contribution in [0, 0.1) is 5.82 Å². The molecule has 1 aromatic heterocycles. The van der Waals surface area contributed by atoms with Crippen LogP contribution in [0.2, 0.25) is 0 Å². The molecular formula is C28H32FN3O6. The van der Waals surface area contributed by atoms with Gasteiger partial charge in [0.1, 0.15) is 11.6 Å². The Kier molecular flexibility index (Phi) is 9.75. The van der Waals surface area contributed by atoms with Crippen LogP contribution in [-0.4, -0.2) is 56.3 Å². The van der Waals surface area contributed by atoms with Crippen LogP contribution in [0.15, 0.2) is 54.6 Å². The number of hydrogen-bond acceptors (Lipinski definition) is 6. The fraction of sp³-hybridized carbons (Fsp3) is 0.321. The Morgan fingerprint density at radius 3 is 2.34 bits per heavy atom. The topological polar surface area (TPSA) is 134 Å². The van der Waals surface area contributed by atoms with Gasteiger partial charge in [-0.15, -0.1) is 0 Å². The zero-order valence-electron chi connectivity index (χ0n) is 21.5. The number of rotatable bonds is 12. The van der Waals surface area contributed by atoms with E-state index in [2.05, 4.69) is 10.4 Å². The van der Waals surface area contributed by atoms with Crippen molar-refractivity contribution in [1.29, 1.82) is 0 Å². The number of methoxy groups -OCH3 is 1.